The normalized spacial score (nSPS) is 12.7. The van der Waals surface area contributed by atoms with Crippen molar-refractivity contribution in [2.45, 2.75) is 30.6 Å². The maximum absolute atomic E-state index is 9.55. The molecule has 0 aliphatic heterocycles. The molecule has 1 N–H and O–H groups in total. The number of thioether (sulfide) groups is 1. The van der Waals surface area contributed by atoms with E-state index in [1.807, 2.05) is 42.8 Å². The standard InChI is InChI=1S/C13H17N3OS/c1-9(17)11-5-4-6-12(7-11)18-8-13-15-14-10(2)16(13)3/h4-7,9,17H,8H2,1-3H3. The number of aryl methyl sites for hydroxylation is 1. The van der Waals surface area contributed by atoms with Gasteiger partial charge in [-0.1, -0.05) is 12.1 Å². The van der Waals surface area contributed by atoms with Gasteiger partial charge in [0.1, 0.15) is 11.6 Å². The van der Waals surface area contributed by atoms with Gasteiger partial charge in [0.2, 0.25) is 0 Å². The third kappa shape index (κ3) is 2.91. The number of nitrogens with zero attached hydrogens (tertiary/aromatic N) is 3. The molecule has 0 bridgehead atoms. The molecule has 0 spiro atoms. The molecule has 18 heavy (non-hydrogen) atoms. The summed E-state index contributed by atoms with van der Waals surface area (Å²) in [5.41, 5.74) is 0.939. The molecule has 1 unspecified atom stereocenters. The van der Waals surface area contributed by atoms with Crippen LogP contribution in [0.5, 0.6) is 0 Å². The van der Waals surface area contributed by atoms with Crippen LogP contribution in [0.1, 0.15) is 30.2 Å². The van der Waals surface area contributed by atoms with Crippen molar-refractivity contribution < 1.29 is 5.11 Å². The summed E-state index contributed by atoms with van der Waals surface area (Å²) < 4.78 is 1.99. The first kappa shape index (κ1) is 13.1. The van der Waals surface area contributed by atoms with Gasteiger partial charge >= 0.3 is 0 Å². The quantitative estimate of drug-likeness (QED) is 0.861. The third-order valence-corrected chi connectivity index (χ3v) is 3.88. The van der Waals surface area contributed by atoms with Crippen LogP contribution in [-0.2, 0) is 12.8 Å². The predicted octanol–water partition coefficient (Wildman–Crippen LogP) is 2.47. The summed E-state index contributed by atoms with van der Waals surface area (Å²) in [7, 11) is 1.97. The van der Waals surface area contributed by atoms with Crippen LogP contribution in [-0.4, -0.2) is 19.9 Å². The zero-order chi connectivity index (χ0) is 13.1. The SMILES string of the molecule is Cc1nnc(CSc2cccc(C(C)O)c2)n1C. The van der Waals surface area contributed by atoms with Crippen LogP contribution >= 0.6 is 11.8 Å². The van der Waals surface area contributed by atoms with Crippen molar-refractivity contribution in [2.75, 3.05) is 0 Å². The summed E-state index contributed by atoms with van der Waals surface area (Å²) in [6.45, 7) is 3.71. The summed E-state index contributed by atoms with van der Waals surface area (Å²) >= 11 is 1.70. The highest BCUT2D eigenvalue weighted by atomic mass is 32.2. The number of rotatable bonds is 4. The smallest absolute Gasteiger partial charge is 0.143 e. The highest BCUT2D eigenvalue weighted by Crippen LogP contribution is 2.24. The molecule has 0 saturated carbocycles. The van der Waals surface area contributed by atoms with Crippen LogP contribution in [0.15, 0.2) is 29.2 Å². The van der Waals surface area contributed by atoms with Gasteiger partial charge in [0.25, 0.3) is 0 Å². The minimum atomic E-state index is -0.428. The van der Waals surface area contributed by atoms with Gasteiger partial charge in [0.05, 0.1) is 11.9 Å². The summed E-state index contributed by atoms with van der Waals surface area (Å²) in [6.07, 6.45) is -0.428. The molecule has 5 heteroatoms. The Morgan fingerprint density at radius 1 is 1.39 bits per heavy atom. The molecule has 0 saturated heterocycles. The Kier molecular flexibility index (Phi) is 4.04. The molecule has 2 rings (SSSR count). The molecule has 1 heterocycles. The van der Waals surface area contributed by atoms with E-state index in [2.05, 4.69) is 10.2 Å². The zero-order valence-corrected chi connectivity index (χ0v) is 11.6. The molecule has 1 aromatic heterocycles. The monoisotopic (exact) mass is 263 g/mol. The van der Waals surface area contributed by atoms with Crippen LogP contribution in [0.4, 0.5) is 0 Å². The first-order valence-corrected chi connectivity index (χ1v) is 6.82. The van der Waals surface area contributed by atoms with Crippen molar-refractivity contribution in [3.05, 3.63) is 41.5 Å². The minimum Gasteiger partial charge on any atom is -0.389 e. The minimum absolute atomic E-state index is 0.428. The molecule has 0 aliphatic rings. The van der Waals surface area contributed by atoms with Gasteiger partial charge in [0.15, 0.2) is 0 Å². The lowest BCUT2D eigenvalue weighted by Gasteiger charge is -2.07. The predicted molar refractivity (Wildman–Crippen MR) is 72.4 cm³/mol. The van der Waals surface area contributed by atoms with Crippen molar-refractivity contribution in [2.24, 2.45) is 7.05 Å². The maximum Gasteiger partial charge on any atom is 0.143 e. The van der Waals surface area contributed by atoms with E-state index < -0.39 is 6.10 Å². The molecular weight excluding hydrogens is 246 g/mol. The van der Waals surface area contributed by atoms with E-state index in [-0.39, 0.29) is 0 Å². The molecule has 2 aromatic rings. The summed E-state index contributed by atoms with van der Waals surface area (Å²) in [5, 5.41) is 17.7. The van der Waals surface area contributed by atoms with Gasteiger partial charge in [-0.15, -0.1) is 22.0 Å². The van der Waals surface area contributed by atoms with E-state index in [0.717, 1.165) is 27.9 Å². The van der Waals surface area contributed by atoms with Crippen LogP contribution in [0.25, 0.3) is 0 Å². The fourth-order valence-electron chi connectivity index (χ4n) is 1.59. The fourth-order valence-corrected chi connectivity index (χ4v) is 2.53. The molecule has 1 atom stereocenters. The molecule has 0 radical (unpaired) electrons. The largest absolute Gasteiger partial charge is 0.389 e. The molecule has 4 nitrogen and oxygen atoms in total. The Hall–Kier alpha value is -1.33. The van der Waals surface area contributed by atoms with Gasteiger partial charge in [-0.05, 0) is 31.5 Å². The van der Waals surface area contributed by atoms with E-state index in [0.29, 0.717) is 0 Å². The molecule has 0 amide bonds. The zero-order valence-electron chi connectivity index (χ0n) is 10.8. The van der Waals surface area contributed by atoms with Gasteiger partial charge < -0.3 is 9.67 Å². The van der Waals surface area contributed by atoms with Gasteiger partial charge in [-0.2, -0.15) is 0 Å². The molecule has 0 aliphatic carbocycles. The Morgan fingerprint density at radius 3 is 2.78 bits per heavy atom. The topological polar surface area (TPSA) is 50.9 Å². The first-order valence-electron chi connectivity index (χ1n) is 5.83. The molecule has 1 aromatic carbocycles. The van der Waals surface area contributed by atoms with Crippen LogP contribution in [0.2, 0.25) is 0 Å². The van der Waals surface area contributed by atoms with E-state index in [4.69, 9.17) is 0 Å². The Morgan fingerprint density at radius 2 is 2.17 bits per heavy atom. The summed E-state index contributed by atoms with van der Waals surface area (Å²) in [6, 6.07) is 7.95. The first-order chi connectivity index (χ1) is 8.58. The van der Waals surface area contributed by atoms with E-state index in [9.17, 15) is 5.11 Å². The van der Waals surface area contributed by atoms with Gasteiger partial charge in [0, 0.05) is 11.9 Å². The van der Waals surface area contributed by atoms with Crippen molar-refractivity contribution >= 4 is 11.8 Å². The number of benzene rings is 1. The van der Waals surface area contributed by atoms with Crippen molar-refractivity contribution in [3.8, 4) is 0 Å². The lowest BCUT2D eigenvalue weighted by molar-refractivity contribution is 0.199. The van der Waals surface area contributed by atoms with E-state index in [1.165, 1.54) is 0 Å². The lowest BCUT2D eigenvalue weighted by Crippen LogP contribution is -1.97. The molecule has 0 fully saturated rings. The second-order valence-electron chi connectivity index (χ2n) is 4.26. The lowest BCUT2D eigenvalue weighted by atomic mass is 10.1. The number of aliphatic hydroxyl groups excluding tert-OH is 1. The van der Waals surface area contributed by atoms with Crippen LogP contribution < -0.4 is 0 Å². The number of aliphatic hydroxyl groups is 1. The number of hydrogen-bond acceptors (Lipinski definition) is 4. The second kappa shape index (κ2) is 5.54. The molecule has 96 valence electrons. The molecular formula is C13H17N3OS. The Labute approximate surface area is 111 Å². The average molecular weight is 263 g/mol. The number of aromatic nitrogens is 3. The van der Waals surface area contributed by atoms with E-state index >= 15 is 0 Å². The fraction of sp³-hybridized carbons (Fsp3) is 0.385. The average Bonchev–Trinajstić information content (AvgIpc) is 2.68. The Bertz CT molecular complexity index is 537. The van der Waals surface area contributed by atoms with Crippen LogP contribution in [0, 0.1) is 6.92 Å². The summed E-state index contributed by atoms with van der Waals surface area (Å²) in [4.78, 5) is 1.13. The maximum atomic E-state index is 9.55. The number of hydrogen-bond donors (Lipinski definition) is 1. The Balaban J connectivity index is 2.06. The summed E-state index contributed by atoms with van der Waals surface area (Å²) in [5.74, 6) is 2.66. The van der Waals surface area contributed by atoms with Crippen LogP contribution in [0.3, 0.4) is 0 Å². The van der Waals surface area contributed by atoms with Crippen molar-refractivity contribution in [1.82, 2.24) is 14.8 Å². The second-order valence-corrected chi connectivity index (χ2v) is 5.31. The van der Waals surface area contributed by atoms with Crippen molar-refractivity contribution in [1.29, 1.82) is 0 Å². The third-order valence-electron chi connectivity index (χ3n) is 2.89. The van der Waals surface area contributed by atoms with E-state index in [1.54, 1.807) is 18.7 Å². The van der Waals surface area contributed by atoms with Gasteiger partial charge in [-0.25, -0.2) is 0 Å². The van der Waals surface area contributed by atoms with Crippen molar-refractivity contribution in [3.63, 3.8) is 0 Å². The van der Waals surface area contributed by atoms with Gasteiger partial charge in [-0.3, -0.25) is 0 Å². The highest BCUT2D eigenvalue weighted by Gasteiger charge is 2.06. The highest BCUT2D eigenvalue weighted by molar-refractivity contribution is 7.98.